The molecule has 1 aromatic carbocycles. The Hall–Kier alpha value is -1.26. The lowest BCUT2D eigenvalue weighted by Gasteiger charge is -2.19. The maximum atomic E-state index is 12.2. The highest BCUT2D eigenvalue weighted by molar-refractivity contribution is 8.18. The monoisotopic (exact) mass is 295 g/mol. The summed E-state index contributed by atoms with van der Waals surface area (Å²) in [6.45, 7) is 3.83. The van der Waals surface area contributed by atoms with Gasteiger partial charge < -0.3 is 0 Å². The summed E-state index contributed by atoms with van der Waals surface area (Å²) in [6.07, 6.45) is 2.46. The normalized spacial score (nSPS) is 19.3. The van der Waals surface area contributed by atoms with Crippen molar-refractivity contribution >= 4 is 40.6 Å². The Labute approximate surface area is 121 Å². The quantitative estimate of drug-likeness (QED) is 0.785. The highest BCUT2D eigenvalue weighted by atomic mass is 35.5. The second-order valence-corrected chi connectivity index (χ2v) is 5.79. The summed E-state index contributed by atoms with van der Waals surface area (Å²) in [7, 11) is 0. The number of hydrogen-bond donors (Lipinski definition) is 0. The first kappa shape index (κ1) is 14.2. The van der Waals surface area contributed by atoms with E-state index in [1.54, 1.807) is 18.2 Å². The molecule has 0 radical (unpaired) electrons. The van der Waals surface area contributed by atoms with E-state index < -0.39 is 0 Å². The zero-order valence-corrected chi connectivity index (χ0v) is 12.3. The number of hydrogen-bond acceptors (Lipinski definition) is 3. The number of halogens is 1. The number of rotatable bonds is 3. The number of carbonyl (C=O) groups excluding carboxylic acids is 2. The zero-order valence-electron chi connectivity index (χ0n) is 10.7. The fourth-order valence-corrected chi connectivity index (χ4v) is 2.92. The maximum absolute atomic E-state index is 12.2. The minimum Gasteiger partial charge on any atom is -0.268 e. The first-order chi connectivity index (χ1) is 9.02. The standard InChI is InChI=1S/C14H14ClNO2S/c1-3-9(2)16-13(17)12(19-14(16)18)8-10-5-4-6-11(15)7-10/h4-9H,3H2,1-2H3/b12-8-/t9-/m1/s1. The Morgan fingerprint density at radius 1 is 1.42 bits per heavy atom. The predicted molar refractivity (Wildman–Crippen MR) is 79.0 cm³/mol. The number of amides is 2. The fraction of sp³-hybridized carbons (Fsp3) is 0.286. The number of thioether (sulfide) groups is 1. The van der Waals surface area contributed by atoms with Crippen molar-refractivity contribution in [2.24, 2.45) is 0 Å². The molecule has 2 amide bonds. The zero-order chi connectivity index (χ0) is 14.0. The van der Waals surface area contributed by atoms with E-state index in [4.69, 9.17) is 11.6 Å². The molecule has 0 aromatic heterocycles. The van der Waals surface area contributed by atoms with Gasteiger partial charge in [0.25, 0.3) is 11.1 Å². The summed E-state index contributed by atoms with van der Waals surface area (Å²) in [5, 5.41) is 0.405. The van der Waals surface area contributed by atoms with Gasteiger partial charge in [-0.15, -0.1) is 0 Å². The third kappa shape index (κ3) is 3.01. The van der Waals surface area contributed by atoms with E-state index in [0.717, 1.165) is 23.7 Å². The molecule has 1 heterocycles. The summed E-state index contributed by atoms with van der Waals surface area (Å²) < 4.78 is 0. The van der Waals surface area contributed by atoms with Crippen LogP contribution in [0.3, 0.4) is 0 Å². The topological polar surface area (TPSA) is 37.4 Å². The van der Waals surface area contributed by atoms with E-state index in [-0.39, 0.29) is 17.2 Å². The summed E-state index contributed by atoms with van der Waals surface area (Å²) in [5.74, 6) is -0.218. The van der Waals surface area contributed by atoms with Crippen LogP contribution in [0.5, 0.6) is 0 Å². The Bertz CT molecular complexity index is 556. The van der Waals surface area contributed by atoms with Gasteiger partial charge in [-0.3, -0.25) is 14.5 Å². The van der Waals surface area contributed by atoms with Gasteiger partial charge in [0, 0.05) is 11.1 Å². The average molecular weight is 296 g/mol. The van der Waals surface area contributed by atoms with Crippen molar-refractivity contribution in [3.63, 3.8) is 0 Å². The molecule has 2 rings (SSSR count). The van der Waals surface area contributed by atoms with Gasteiger partial charge >= 0.3 is 0 Å². The molecular formula is C14H14ClNO2S. The van der Waals surface area contributed by atoms with Gasteiger partial charge in [0.05, 0.1) is 4.91 Å². The Kier molecular flexibility index (Phi) is 4.32. The molecule has 19 heavy (non-hydrogen) atoms. The Morgan fingerprint density at radius 3 is 2.79 bits per heavy atom. The van der Waals surface area contributed by atoms with Crippen LogP contribution in [0.25, 0.3) is 6.08 Å². The molecule has 0 unspecified atom stereocenters. The van der Waals surface area contributed by atoms with E-state index in [9.17, 15) is 9.59 Å². The van der Waals surface area contributed by atoms with Crippen LogP contribution in [0.4, 0.5) is 4.79 Å². The molecule has 5 heteroatoms. The molecule has 0 aliphatic carbocycles. The second-order valence-electron chi connectivity index (χ2n) is 4.36. The minimum absolute atomic E-state index is 0.0715. The molecule has 1 aliphatic rings. The van der Waals surface area contributed by atoms with E-state index in [1.165, 1.54) is 4.90 Å². The van der Waals surface area contributed by atoms with Crippen molar-refractivity contribution in [1.29, 1.82) is 0 Å². The summed E-state index contributed by atoms with van der Waals surface area (Å²) >= 11 is 6.88. The van der Waals surface area contributed by atoms with Crippen molar-refractivity contribution in [3.8, 4) is 0 Å². The SMILES string of the molecule is CC[C@@H](C)N1C(=O)S/C(=C\c2cccc(Cl)c2)C1=O. The number of benzene rings is 1. The Balaban J connectivity index is 2.28. The summed E-state index contributed by atoms with van der Waals surface area (Å²) in [4.78, 5) is 25.8. The molecule has 0 N–H and O–H groups in total. The van der Waals surface area contributed by atoms with E-state index in [1.807, 2.05) is 26.0 Å². The van der Waals surface area contributed by atoms with Crippen LogP contribution in [0.15, 0.2) is 29.2 Å². The first-order valence-electron chi connectivity index (χ1n) is 6.05. The third-order valence-electron chi connectivity index (χ3n) is 3.00. The lowest BCUT2D eigenvalue weighted by molar-refractivity contribution is -0.124. The molecule has 100 valence electrons. The Morgan fingerprint density at radius 2 is 2.16 bits per heavy atom. The van der Waals surface area contributed by atoms with Crippen LogP contribution in [0.1, 0.15) is 25.8 Å². The maximum Gasteiger partial charge on any atom is 0.293 e. The van der Waals surface area contributed by atoms with Crippen molar-refractivity contribution < 1.29 is 9.59 Å². The van der Waals surface area contributed by atoms with Gasteiger partial charge in [0.15, 0.2) is 0 Å². The third-order valence-corrected chi connectivity index (χ3v) is 4.12. The average Bonchev–Trinajstić information content (AvgIpc) is 2.64. The minimum atomic E-state index is -0.218. The molecule has 1 atom stereocenters. The number of nitrogens with zero attached hydrogens (tertiary/aromatic N) is 1. The van der Waals surface area contributed by atoms with Crippen molar-refractivity contribution in [2.45, 2.75) is 26.3 Å². The molecule has 3 nitrogen and oxygen atoms in total. The lowest BCUT2D eigenvalue weighted by atomic mass is 10.2. The molecule has 1 saturated heterocycles. The van der Waals surface area contributed by atoms with Gasteiger partial charge in [-0.2, -0.15) is 0 Å². The molecule has 0 spiro atoms. The number of imide groups is 1. The highest BCUT2D eigenvalue weighted by Crippen LogP contribution is 2.34. The van der Waals surface area contributed by atoms with Crippen molar-refractivity contribution in [1.82, 2.24) is 4.90 Å². The summed E-state index contributed by atoms with van der Waals surface area (Å²) in [5.41, 5.74) is 0.821. The lowest BCUT2D eigenvalue weighted by Crippen LogP contribution is -2.36. The molecular weight excluding hydrogens is 282 g/mol. The van der Waals surface area contributed by atoms with Crippen LogP contribution in [0, 0.1) is 0 Å². The fourth-order valence-electron chi connectivity index (χ4n) is 1.79. The van der Waals surface area contributed by atoms with Crippen LogP contribution in [0.2, 0.25) is 5.02 Å². The van der Waals surface area contributed by atoms with Gasteiger partial charge in [0.1, 0.15) is 0 Å². The first-order valence-corrected chi connectivity index (χ1v) is 7.25. The van der Waals surface area contributed by atoms with Crippen molar-refractivity contribution in [2.75, 3.05) is 0 Å². The van der Waals surface area contributed by atoms with Gasteiger partial charge in [-0.1, -0.05) is 30.7 Å². The molecule has 1 aliphatic heterocycles. The van der Waals surface area contributed by atoms with Crippen LogP contribution in [-0.2, 0) is 4.79 Å². The van der Waals surface area contributed by atoms with Gasteiger partial charge in [-0.05, 0) is 48.9 Å². The van der Waals surface area contributed by atoms with Crippen LogP contribution >= 0.6 is 23.4 Å². The van der Waals surface area contributed by atoms with E-state index in [0.29, 0.717) is 9.93 Å². The smallest absolute Gasteiger partial charge is 0.268 e. The van der Waals surface area contributed by atoms with Gasteiger partial charge in [0.2, 0.25) is 0 Å². The molecule has 0 saturated carbocycles. The molecule has 1 aromatic rings. The number of carbonyl (C=O) groups is 2. The van der Waals surface area contributed by atoms with Crippen molar-refractivity contribution in [3.05, 3.63) is 39.8 Å². The van der Waals surface area contributed by atoms with E-state index >= 15 is 0 Å². The van der Waals surface area contributed by atoms with Crippen LogP contribution in [-0.4, -0.2) is 22.1 Å². The highest BCUT2D eigenvalue weighted by Gasteiger charge is 2.37. The van der Waals surface area contributed by atoms with E-state index in [2.05, 4.69) is 0 Å². The molecule has 1 fully saturated rings. The largest absolute Gasteiger partial charge is 0.293 e. The van der Waals surface area contributed by atoms with Crippen LogP contribution < -0.4 is 0 Å². The summed E-state index contributed by atoms with van der Waals surface area (Å²) in [6, 6.07) is 7.12. The molecule has 0 bridgehead atoms. The predicted octanol–water partition coefficient (Wildman–Crippen LogP) is 4.17. The van der Waals surface area contributed by atoms with Gasteiger partial charge in [-0.25, -0.2) is 0 Å². The second kappa shape index (κ2) is 5.80.